The molecule has 1 amide bonds. The van der Waals surface area contributed by atoms with Gasteiger partial charge in [0.15, 0.2) is 0 Å². The minimum atomic E-state index is -0.199. The number of nitrogens with zero attached hydrogens (tertiary/aromatic N) is 2. The molecule has 2 rings (SSSR count). The number of carbonyl (C=O) groups excluding carboxylic acids is 1. The Bertz CT molecular complexity index is 545. The molecule has 0 spiro atoms. The molecule has 0 aliphatic heterocycles. The molecule has 19 heavy (non-hydrogen) atoms. The number of anilines is 2. The van der Waals surface area contributed by atoms with E-state index < -0.39 is 0 Å². The fourth-order valence-electron chi connectivity index (χ4n) is 1.42. The van der Waals surface area contributed by atoms with Crippen molar-refractivity contribution in [3.8, 4) is 5.75 Å². The van der Waals surface area contributed by atoms with Crippen molar-refractivity contribution in [1.29, 1.82) is 0 Å². The van der Waals surface area contributed by atoms with Crippen molar-refractivity contribution in [3.05, 3.63) is 42.7 Å². The molecule has 98 valence electrons. The van der Waals surface area contributed by atoms with Gasteiger partial charge < -0.3 is 10.5 Å². The zero-order valence-electron chi connectivity index (χ0n) is 10.2. The monoisotopic (exact) mass is 258 g/mol. The van der Waals surface area contributed by atoms with E-state index in [-0.39, 0.29) is 24.9 Å². The lowest BCUT2D eigenvalue weighted by Gasteiger charge is -2.06. The summed E-state index contributed by atoms with van der Waals surface area (Å²) < 4.78 is 5.41. The van der Waals surface area contributed by atoms with Crippen molar-refractivity contribution in [1.82, 2.24) is 9.97 Å². The van der Waals surface area contributed by atoms with E-state index in [1.54, 1.807) is 42.7 Å². The number of hydrogen-bond acceptors (Lipinski definition) is 5. The molecular weight excluding hydrogens is 244 g/mol. The predicted octanol–water partition coefficient (Wildman–Crippen LogP) is 1.47. The maximum absolute atomic E-state index is 11.6. The number of amides is 1. The van der Waals surface area contributed by atoms with Crippen LogP contribution < -0.4 is 15.8 Å². The summed E-state index contributed by atoms with van der Waals surface area (Å²) in [6, 6.07) is 8.74. The largest absolute Gasteiger partial charge is 0.493 e. The van der Waals surface area contributed by atoms with Crippen LogP contribution in [0.2, 0.25) is 0 Å². The molecule has 0 aliphatic rings. The molecule has 0 unspecified atom stereocenters. The van der Waals surface area contributed by atoms with Gasteiger partial charge in [0.25, 0.3) is 0 Å². The standard InChI is InChI=1S/C13H14N4O2/c14-10-3-1-4-11(9-10)19-8-5-12(18)17-13-15-6-2-7-16-13/h1-4,6-7,9H,5,8,14H2,(H,15,16,17,18). The minimum Gasteiger partial charge on any atom is -0.493 e. The summed E-state index contributed by atoms with van der Waals surface area (Å²) in [5.41, 5.74) is 6.24. The van der Waals surface area contributed by atoms with Gasteiger partial charge in [-0.1, -0.05) is 6.07 Å². The fraction of sp³-hybridized carbons (Fsp3) is 0.154. The van der Waals surface area contributed by atoms with Gasteiger partial charge in [0.2, 0.25) is 11.9 Å². The van der Waals surface area contributed by atoms with E-state index in [2.05, 4.69) is 15.3 Å². The van der Waals surface area contributed by atoms with Crippen LogP contribution in [0.25, 0.3) is 0 Å². The Balaban J connectivity index is 1.75. The average molecular weight is 258 g/mol. The Morgan fingerprint density at radius 3 is 2.79 bits per heavy atom. The highest BCUT2D eigenvalue weighted by Gasteiger charge is 2.04. The molecule has 3 N–H and O–H groups in total. The molecule has 1 heterocycles. The van der Waals surface area contributed by atoms with Crippen molar-refractivity contribution in [2.24, 2.45) is 0 Å². The molecule has 0 saturated heterocycles. The third-order valence-electron chi connectivity index (χ3n) is 2.27. The van der Waals surface area contributed by atoms with Gasteiger partial charge in [-0.3, -0.25) is 10.1 Å². The number of carbonyl (C=O) groups is 1. The summed E-state index contributed by atoms with van der Waals surface area (Å²) in [4.78, 5) is 19.4. The van der Waals surface area contributed by atoms with Crippen LogP contribution >= 0.6 is 0 Å². The van der Waals surface area contributed by atoms with Crippen LogP contribution in [0.1, 0.15) is 6.42 Å². The molecule has 1 aromatic heterocycles. The topological polar surface area (TPSA) is 90.1 Å². The maximum Gasteiger partial charge on any atom is 0.230 e. The molecule has 0 atom stereocenters. The van der Waals surface area contributed by atoms with E-state index in [1.807, 2.05) is 0 Å². The highest BCUT2D eigenvalue weighted by molar-refractivity contribution is 5.88. The minimum absolute atomic E-state index is 0.199. The molecule has 0 saturated carbocycles. The summed E-state index contributed by atoms with van der Waals surface area (Å²) >= 11 is 0. The number of rotatable bonds is 5. The van der Waals surface area contributed by atoms with Crippen LogP contribution in [0.3, 0.4) is 0 Å². The zero-order valence-corrected chi connectivity index (χ0v) is 10.2. The van der Waals surface area contributed by atoms with Gasteiger partial charge in [-0.15, -0.1) is 0 Å². The van der Waals surface area contributed by atoms with E-state index in [1.165, 1.54) is 0 Å². The van der Waals surface area contributed by atoms with E-state index in [9.17, 15) is 4.79 Å². The molecule has 0 fully saturated rings. The van der Waals surface area contributed by atoms with Gasteiger partial charge in [-0.2, -0.15) is 0 Å². The van der Waals surface area contributed by atoms with Crippen molar-refractivity contribution in [2.75, 3.05) is 17.7 Å². The first-order valence-electron chi connectivity index (χ1n) is 5.79. The Hall–Kier alpha value is -2.63. The van der Waals surface area contributed by atoms with Crippen LogP contribution in [-0.2, 0) is 4.79 Å². The maximum atomic E-state index is 11.6. The molecule has 6 nitrogen and oxygen atoms in total. The van der Waals surface area contributed by atoms with Gasteiger partial charge in [-0.25, -0.2) is 9.97 Å². The Kier molecular flexibility index (Phi) is 4.28. The lowest BCUT2D eigenvalue weighted by Crippen LogP contribution is -2.16. The van der Waals surface area contributed by atoms with E-state index in [0.717, 1.165) is 0 Å². The quantitative estimate of drug-likeness (QED) is 0.792. The predicted molar refractivity (Wildman–Crippen MR) is 71.6 cm³/mol. The van der Waals surface area contributed by atoms with Gasteiger partial charge in [0.05, 0.1) is 13.0 Å². The van der Waals surface area contributed by atoms with Gasteiger partial charge in [0.1, 0.15) is 5.75 Å². The highest BCUT2D eigenvalue weighted by Crippen LogP contribution is 2.14. The third-order valence-corrected chi connectivity index (χ3v) is 2.27. The van der Waals surface area contributed by atoms with E-state index in [0.29, 0.717) is 11.4 Å². The van der Waals surface area contributed by atoms with Crippen LogP contribution in [0.4, 0.5) is 11.6 Å². The smallest absolute Gasteiger partial charge is 0.230 e. The van der Waals surface area contributed by atoms with Crippen molar-refractivity contribution in [3.63, 3.8) is 0 Å². The number of hydrogen-bond donors (Lipinski definition) is 2. The average Bonchev–Trinajstić information content (AvgIpc) is 2.40. The second-order valence-electron chi connectivity index (χ2n) is 3.79. The first-order valence-corrected chi connectivity index (χ1v) is 5.79. The second kappa shape index (κ2) is 6.34. The normalized spacial score (nSPS) is 9.89. The summed E-state index contributed by atoms with van der Waals surface area (Å²) in [7, 11) is 0. The number of ether oxygens (including phenoxy) is 1. The SMILES string of the molecule is Nc1cccc(OCCC(=O)Nc2ncccn2)c1. The summed E-state index contributed by atoms with van der Waals surface area (Å²) in [6.45, 7) is 0.266. The van der Waals surface area contributed by atoms with E-state index in [4.69, 9.17) is 10.5 Å². The van der Waals surface area contributed by atoms with Crippen LogP contribution in [0.15, 0.2) is 42.7 Å². The Morgan fingerprint density at radius 1 is 1.26 bits per heavy atom. The number of nitrogens with one attached hydrogen (secondary N) is 1. The number of nitrogen functional groups attached to an aromatic ring is 1. The Labute approximate surface area is 110 Å². The third kappa shape index (κ3) is 4.27. The van der Waals surface area contributed by atoms with Crippen LogP contribution in [-0.4, -0.2) is 22.5 Å². The van der Waals surface area contributed by atoms with Crippen LogP contribution in [0, 0.1) is 0 Å². The summed E-state index contributed by atoms with van der Waals surface area (Å²) in [5, 5.41) is 2.57. The fourth-order valence-corrected chi connectivity index (χ4v) is 1.42. The molecule has 0 aliphatic carbocycles. The summed E-state index contributed by atoms with van der Waals surface area (Å²) in [5.74, 6) is 0.732. The van der Waals surface area contributed by atoms with Crippen molar-refractivity contribution in [2.45, 2.75) is 6.42 Å². The van der Waals surface area contributed by atoms with Crippen LogP contribution in [0.5, 0.6) is 5.75 Å². The second-order valence-corrected chi connectivity index (χ2v) is 3.79. The highest BCUT2D eigenvalue weighted by atomic mass is 16.5. The number of benzene rings is 1. The first-order chi connectivity index (χ1) is 9.24. The zero-order chi connectivity index (χ0) is 13.5. The lowest BCUT2D eigenvalue weighted by molar-refractivity contribution is -0.116. The molecule has 0 bridgehead atoms. The number of aromatic nitrogens is 2. The first kappa shape index (κ1) is 12.8. The van der Waals surface area contributed by atoms with Gasteiger partial charge >= 0.3 is 0 Å². The van der Waals surface area contributed by atoms with Gasteiger partial charge in [0, 0.05) is 24.1 Å². The van der Waals surface area contributed by atoms with Crippen molar-refractivity contribution >= 4 is 17.5 Å². The molecule has 6 heteroatoms. The van der Waals surface area contributed by atoms with E-state index >= 15 is 0 Å². The van der Waals surface area contributed by atoms with Gasteiger partial charge in [-0.05, 0) is 18.2 Å². The Morgan fingerprint density at radius 2 is 2.05 bits per heavy atom. The lowest BCUT2D eigenvalue weighted by atomic mass is 10.3. The number of nitrogens with two attached hydrogens (primary N) is 1. The molecule has 2 aromatic rings. The van der Waals surface area contributed by atoms with Crippen molar-refractivity contribution < 1.29 is 9.53 Å². The molecule has 1 aromatic carbocycles. The molecular formula is C13H14N4O2. The summed E-state index contributed by atoms with van der Waals surface area (Å²) in [6.07, 6.45) is 3.34. The molecule has 0 radical (unpaired) electrons.